The van der Waals surface area contributed by atoms with Crippen LogP contribution in [0.3, 0.4) is 0 Å². The van der Waals surface area contributed by atoms with E-state index in [9.17, 15) is 4.79 Å². The second-order valence-electron chi connectivity index (χ2n) is 3.18. The van der Waals surface area contributed by atoms with Gasteiger partial charge in [0.2, 0.25) is 0 Å². The molecule has 60 valence electrons. The van der Waals surface area contributed by atoms with Gasteiger partial charge >= 0.3 is 5.69 Å². The third-order valence-electron chi connectivity index (χ3n) is 2.41. The largest absolute Gasteiger partial charge is 0.323 e. The van der Waals surface area contributed by atoms with Gasteiger partial charge in [-0.05, 0) is 12.8 Å². The van der Waals surface area contributed by atoms with E-state index in [4.69, 9.17) is 0 Å². The molecule has 1 saturated carbocycles. The minimum absolute atomic E-state index is 0.0769. The summed E-state index contributed by atoms with van der Waals surface area (Å²) in [5.74, 6) is 0.606. The highest BCUT2D eigenvalue weighted by Crippen LogP contribution is 2.31. The Labute approximate surface area is 64.8 Å². The molecule has 1 heterocycles. The van der Waals surface area contributed by atoms with Crippen molar-refractivity contribution in [3.63, 3.8) is 0 Å². The minimum atomic E-state index is -0.0769. The normalized spacial score (nSPS) is 19.3. The van der Waals surface area contributed by atoms with Crippen molar-refractivity contribution in [3.8, 4) is 0 Å². The van der Waals surface area contributed by atoms with Crippen LogP contribution in [0.15, 0.2) is 11.0 Å². The van der Waals surface area contributed by atoms with E-state index in [0.29, 0.717) is 5.92 Å². The molecular formula is C8H12N2O. The summed E-state index contributed by atoms with van der Waals surface area (Å²) in [5.41, 5.74) is 1.01. The molecular weight excluding hydrogens is 140 g/mol. The maximum atomic E-state index is 10.7. The molecule has 2 N–H and O–H groups in total. The van der Waals surface area contributed by atoms with Crippen molar-refractivity contribution in [2.45, 2.75) is 31.6 Å². The van der Waals surface area contributed by atoms with Crippen molar-refractivity contribution in [2.75, 3.05) is 0 Å². The number of imidazole rings is 1. The number of H-pyrrole nitrogens is 2. The van der Waals surface area contributed by atoms with Gasteiger partial charge in [-0.1, -0.05) is 12.8 Å². The van der Waals surface area contributed by atoms with Crippen LogP contribution in [-0.2, 0) is 0 Å². The van der Waals surface area contributed by atoms with Crippen LogP contribution in [0.25, 0.3) is 0 Å². The molecule has 1 fully saturated rings. The first-order valence-corrected chi connectivity index (χ1v) is 4.14. The predicted molar refractivity (Wildman–Crippen MR) is 42.6 cm³/mol. The fourth-order valence-electron chi connectivity index (χ4n) is 1.80. The summed E-state index contributed by atoms with van der Waals surface area (Å²) < 4.78 is 0. The topological polar surface area (TPSA) is 48.6 Å². The van der Waals surface area contributed by atoms with Crippen LogP contribution < -0.4 is 5.69 Å². The highest BCUT2D eigenvalue weighted by atomic mass is 16.1. The third-order valence-corrected chi connectivity index (χ3v) is 2.41. The maximum absolute atomic E-state index is 10.7. The number of aromatic amines is 2. The van der Waals surface area contributed by atoms with Crippen LogP contribution in [0.4, 0.5) is 0 Å². The van der Waals surface area contributed by atoms with Gasteiger partial charge in [-0.3, -0.25) is 0 Å². The minimum Gasteiger partial charge on any atom is -0.313 e. The molecule has 3 heteroatoms. The van der Waals surface area contributed by atoms with Gasteiger partial charge in [-0.15, -0.1) is 0 Å². The first-order valence-electron chi connectivity index (χ1n) is 4.14. The molecule has 11 heavy (non-hydrogen) atoms. The Morgan fingerprint density at radius 1 is 1.36 bits per heavy atom. The van der Waals surface area contributed by atoms with E-state index in [2.05, 4.69) is 9.97 Å². The molecule has 2 rings (SSSR count). The molecule has 0 aliphatic heterocycles. The van der Waals surface area contributed by atoms with Crippen molar-refractivity contribution >= 4 is 0 Å². The molecule has 0 spiro atoms. The van der Waals surface area contributed by atoms with E-state index in [0.717, 1.165) is 5.69 Å². The van der Waals surface area contributed by atoms with Crippen LogP contribution in [0.2, 0.25) is 0 Å². The van der Waals surface area contributed by atoms with Crippen molar-refractivity contribution in [1.82, 2.24) is 9.97 Å². The number of rotatable bonds is 1. The third kappa shape index (κ3) is 1.23. The van der Waals surface area contributed by atoms with E-state index in [1.807, 2.05) is 0 Å². The Kier molecular flexibility index (Phi) is 1.56. The fourth-order valence-corrected chi connectivity index (χ4v) is 1.80. The summed E-state index contributed by atoms with van der Waals surface area (Å²) in [6.45, 7) is 0. The number of hydrogen-bond acceptors (Lipinski definition) is 1. The Morgan fingerprint density at radius 2 is 2.09 bits per heavy atom. The highest BCUT2D eigenvalue weighted by molar-refractivity contribution is 5.04. The zero-order chi connectivity index (χ0) is 7.68. The van der Waals surface area contributed by atoms with E-state index in [1.165, 1.54) is 25.7 Å². The monoisotopic (exact) mass is 152 g/mol. The SMILES string of the molecule is O=c1[nH]cc(C2CCCC2)[nH]1. The molecule has 0 amide bonds. The molecule has 0 atom stereocenters. The van der Waals surface area contributed by atoms with Crippen LogP contribution >= 0.6 is 0 Å². The van der Waals surface area contributed by atoms with Crippen LogP contribution in [0.5, 0.6) is 0 Å². The van der Waals surface area contributed by atoms with Crippen LogP contribution in [0, 0.1) is 0 Å². The Bertz CT molecular complexity index is 280. The van der Waals surface area contributed by atoms with Crippen LogP contribution in [0.1, 0.15) is 37.3 Å². The maximum Gasteiger partial charge on any atom is 0.323 e. The molecule has 0 radical (unpaired) electrons. The Morgan fingerprint density at radius 3 is 2.64 bits per heavy atom. The second kappa shape index (κ2) is 2.57. The summed E-state index contributed by atoms with van der Waals surface area (Å²) in [4.78, 5) is 16.2. The highest BCUT2D eigenvalue weighted by Gasteiger charge is 2.17. The molecule has 3 nitrogen and oxygen atoms in total. The lowest BCUT2D eigenvalue weighted by Gasteiger charge is -2.02. The summed E-state index contributed by atoms with van der Waals surface area (Å²) in [6.07, 6.45) is 6.87. The van der Waals surface area contributed by atoms with Crippen molar-refractivity contribution in [2.24, 2.45) is 0 Å². The standard InChI is InChI=1S/C8H12N2O/c11-8-9-5-7(10-8)6-3-1-2-4-6/h5-6H,1-4H2,(H2,9,10,11). The lowest BCUT2D eigenvalue weighted by Crippen LogP contribution is -2.02. The van der Waals surface area contributed by atoms with Gasteiger partial charge in [-0.2, -0.15) is 0 Å². The van der Waals surface area contributed by atoms with E-state index >= 15 is 0 Å². The molecule has 1 aliphatic carbocycles. The van der Waals surface area contributed by atoms with Crippen molar-refractivity contribution < 1.29 is 0 Å². The summed E-state index contributed by atoms with van der Waals surface area (Å²) >= 11 is 0. The lowest BCUT2D eigenvalue weighted by atomic mass is 10.1. The van der Waals surface area contributed by atoms with Crippen molar-refractivity contribution in [1.29, 1.82) is 0 Å². The lowest BCUT2D eigenvalue weighted by molar-refractivity contribution is 0.701. The predicted octanol–water partition coefficient (Wildman–Crippen LogP) is 1.36. The van der Waals surface area contributed by atoms with Crippen LogP contribution in [-0.4, -0.2) is 9.97 Å². The quantitative estimate of drug-likeness (QED) is 0.627. The smallest absolute Gasteiger partial charge is 0.313 e. The molecule has 1 aromatic heterocycles. The number of aromatic nitrogens is 2. The molecule has 1 aliphatic rings. The van der Waals surface area contributed by atoms with E-state index in [1.54, 1.807) is 6.20 Å². The second-order valence-corrected chi connectivity index (χ2v) is 3.18. The first-order chi connectivity index (χ1) is 5.36. The molecule has 0 unspecified atom stereocenters. The van der Waals surface area contributed by atoms with Gasteiger partial charge in [0, 0.05) is 17.8 Å². The van der Waals surface area contributed by atoms with E-state index in [-0.39, 0.29) is 5.69 Å². The Balaban J connectivity index is 2.21. The average Bonchev–Trinajstić information content (AvgIpc) is 2.55. The van der Waals surface area contributed by atoms with Gasteiger partial charge in [-0.25, -0.2) is 4.79 Å². The van der Waals surface area contributed by atoms with Gasteiger partial charge in [0.05, 0.1) is 0 Å². The summed E-state index contributed by atoms with van der Waals surface area (Å²) in [6, 6.07) is 0. The molecule has 0 bridgehead atoms. The van der Waals surface area contributed by atoms with Gasteiger partial charge in [0.1, 0.15) is 0 Å². The zero-order valence-corrected chi connectivity index (χ0v) is 6.39. The average molecular weight is 152 g/mol. The first kappa shape index (κ1) is 6.70. The van der Waals surface area contributed by atoms with Crippen molar-refractivity contribution in [3.05, 3.63) is 22.4 Å². The van der Waals surface area contributed by atoms with E-state index < -0.39 is 0 Å². The number of nitrogens with one attached hydrogen (secondary N) is 2. The van der Waals surface area contributed by atoms with Gasteiger partial charge in [0.15, 0.2) is 0 Å². The Hall–Kier alpha value is -0.990. The fraction of sp³-hybridized carbons (Fsp3) is 0.625. The number of hydrogen-bond donors (Lipinski definition) is 2. The molecule has 0 aromatic carbocycles. The summed E-state index contributed by atoms with van der Waals surface area (Å²) in [5, 5.41) is 0. The van der Waals surface area contributed by atoms with Gasteiger partial charge < -0.3 is 9.97 Å². The zero-order valence-electron chi connectivity index (χ0n) is 6.39. The van der Waals surface area contributed by atoms with Gasteiger partial charge in [0.25, 0.3) is 0 Å². The molecule has 0 saturated heterocycles. The molecule has 1 aromatic rings. The summed E-state index contributed by atoms with van der Waals surface area (Å²) in [7, 11) is 0.